The number of benzene rings is 1. The van der Waals surface area contributed by atoms with Gasteiger partial charge in [0.05, 0.1) is 5.41 Å². The van der Waals surface area contributed by atoms with Gasteiger partial charge in [0.1, 0.15) is 0 Å². The quantitative estimate of drug-likeness (QED) is 0.779. The van der Waals surface area contributed by atoms with E-state index in [0.717, 1.165) is 37.9 Å². The second-order valence-corrected chi connectivity index (χ2v) is 7.84. The molecule has 1 amide bonds. The summed E-state index contributed by atoms with van der Waals surface area (Å²) in [6.45, 7) is 5.18. The third kappa shape index (κ3) is 4.58. The Bertz CT molecular complexity index is 646. The SMILES string of the molecule is Cc1cccc(CN2CCC[C@]3(CCN(CCCC(F)(F)F)C3)C2=O)c1. The van der Waals surface area contributed by atoms with Crippen molar-refractivity contribution in [3.05, 3.63) is 35.4 Å². The smallest absolute Gasteiger partial charge is 0.338 e. The van der Waals surface area contributed by atoms with Crippen molar-refractivity contribution < 1.29 is 18.0 Å². The Morgan fingerprint density at radius 1 is 1.19 bits per heavy atom. The first-order chi connectivity index (χ1) is 12.3. The number of amides is 1. The third-order valence-corrected chi connectivity index (χ3v) is 5.65. The number of nitrogens with zero attached hydrogens (tertiary/aromatic N) is 2. The fraction of sp³-hybridized carbons (Fsp3) is 0.650. The van der Waals surface area contributed by atoms with E-state index in [-0.39, 0.29) is 17.7 Å². The Hall–Kier alpha value is -1.56. The van der Waals surface area contributed by atoms with Crippen LogP contribution in [-0.4, -0.2) is 48.1 Å². The molecule has 0 aromatic heterocycles. The number of rotatable bonds is 5. The zero-order valence-corrected chi connectivity index (χ0v) is 15.3. The molecular weight excluding hydrogens is 341 g/mol. The van der Waals surface area contributed by atoms with Crippen LogP contribution >= 0.6 is 0 Å². The van der Waals surface area contributed by atoms with Crippen LogP contribution in [0.2, 0.25) is 0 Å². The molecule has 1 aromatic carbocycles. The zero-order valence-electron chi connectivity index (χ0n) is 15.3. The van der Waals surface area contributed by atoms with Crippen molar-refractivity contribution in [2.45, 2.75) is 51.7 Å². The topological polar surface area (TPSA) is 23.6 Å². The van der Waals surface area contributed by atoms with Crippen LogP contribution in [0.5, 0.6) is 0 Å². The van der Waals surface area contributed by atoms with Crippen molar-refractivity contribution in [1.29, 1.82) is 0 Å². The summed E-state index contributed by atoms with van der Waals surface area (Å²) in [6, 6.07) is 8.19. The minimum atomic E-state index is -4.09. The standard InChI is InChI=1S/C20H27F3N2O/c1-16-5-2-6-17(13-16)14-25-11-3-7-19(18(25)26)9-12-24(15-19)10-4-8-20(21,22)23/h2,5-6,13H,3-4,7-12,14-15H2,1H3/t19-/m1/s1. The molecule has 3 rings (SSSR count). The number of carbonyl (C=O) groups excluding carboxylic acids is 1. The van der Waals surface area contributed by atoms with E-state index in [1.807, 2.05) is 34.9 Å². The number of alkyl halides is 3. The average molecular weight is 368 g/mol. The van der Waals surface area contributed by atoms with Gasteiger partial charge >= 0.3 is 6.18 Å². The van der Waals surface area contributed by atoms with Gasteiger partial charge in [-0.15, -0.1) is 0 Å². The van der Waals surface area contributed by atoms with Crippen LogP contribution in [0.25, 0.3) is 0 Å². The summed E-state index contributed by atoms with van der Waals surface area (Å²) in [6.07, 6.45) is -2.14. The number of aryl methyl sites for hydroxylation is 1. The molecule has 2 fully saturated rings. The van der Waals surface area contributed by atoms with Gasteiger partial charge in [0.2, 0.25) is 5.91 Å². The lowest BCUT2D eigenvalue weighted by molar-refractivity contribution is -0.146. The summed E-state index contributed by atoms with van der Waals surface area (Å²) in [5.41, 5.74) is 1.93. The van der Waals surface area contributed by atoms with Crippen LogP contribution in [0.4, 0.5) is 13.2 Å². The van der Waals surface area contributed by atoms with E-state index in [2.05, 4.69) is 6.07 Å². The van der Waals surface area contributed by atoms with Crippen LogP contribution < -0.4 is 0 Å². The van der Waals surface area contributed by atoms with Gasteiger partial charge in [0.15, 0.2) is 0 Å². The van der Waals surface area contributed by atoms with Crippen LogP contribution in [0.3, 0.4) is 0 Å². The molecule has 144 valence electrons. The van der Waals surface area contributed by atoms with E-state index in [1.165, 1.54) is 5.56 Å². The van der Waals surface area contributed by atoms with Crippen molar-refractivity contribution in [3.8, 4) is 0 Å². The Balaban J connectivity index is 1.59. The molecule has 1 spiro atoms. The average Bonchev–Trinajstić information content (AvgIpc) is 2.95. The first-order valence-corrected chi connectivity index (χ1v) is 9.41. The molecule has 0 bridgehead atoms. The van der Waals surface area contributed by atoms with E-state index in [1.54, 1.807) is 0 Å². The predicted octanol–water partition coefficient (Wildman–Crippen LogP) is 4.15. The molecule has 0 aliphatic carbocycles. The predicted molar refractivity (Wildman–Crippen MR) is 94.6 cm³/mol. The Labute approximate surface area is 153 Å². The number of carbonyl (C=O) groups is 1. The largest absolute Gasteiger partial charge is 0.389 e. The monoisotopic (exact) mass is 368 g/mol. The maximum absolute atomic E-state index is 13.1. The van der Waals surface area contributed by atoms with Gasteiger partial charge in [0.25, 0.3) is 0 Å². The molecule has 1 aromatic rings. The molecule has 3 nitrogen and oxygen atoms in total. The van der Waals surface area contributed by atoms with E-state index >= 15 is 0 Å². The molecule has 0 N–H and O–H groups in total. The fourth-order valence-corrected chi connectivity index (χ4v) is 4.36. The molecule has 26 heavy (non-hydrogen) atoms. The lowest BCUT2D eigenvalue weighted by atomic mass is 9.78. The molecule has 6 heteroatoms. The van der Waals surface area contributed by atoms with Crippen LogP contribution in [0.15, 0.2) is 24.3 Å². The number of piperidine rings is 1. The summed E-state index contributed by atoms with van der Waals surface area (Å²) in [5, 5.41) is 0. The number of halogens is 3. The van der Waals surface area contributed by atoms with Crippen molar-refractivity contribution in [3.63, 3.8) is 0 Å². The second-order valence-electron chi connectivity index (χ2n) is 7.84. The summed E-state index contributed by atoms with van der Waals surface area (Å²) in [5.74, 6) is 0.184. The lowest BCUT2D eigenvalue weighted by Gasteiger charge is -2.39. The van der Waals surface area contributed by atoms with Gasteiger partial charge in [-0.1, -0.05) is 29.8 Å². The van der Waals surface area contributed by atoms with Crippen molar-refractivity contribution >= 4 is 5.91 Å². The summed E-state index contributed by atoms with van der Waals surface area (Å²) < 4.78 is 37.0. The third-order valence-electron chi connectivity index (χ3n) is 5.65. The summed E-state index contributed by atoms with van der Waals surface area (Å²) in [7, 11) is 0. The van der Waals surface area contributed by atoms with Gasteiger partial charge < -0.3 is 9.80 Å². The van der Waals surface area contributed by atoms with Gasteiger partial charge in [-0.25, -0.2) is 0 Å². The summed E-state index contributed by atoms with van der Waals surface area (Å²) >= 11 is 0. The maximum Gasteiger partial charge on any atom is 0.389 e. The van der Waals surface area contributed by atoms with Crippen LogP contribution in [-0.2, 0) is 11.3 Å². The maximum atomic E-state index is 13.1. The van der Waals surface area contributed by atoms with Crippen molar-refractivity contribution in [1.82, 2.24) is 9.80 Å². The number of hydrogen-bond acceptors (Lipinski definition) is 2. The molecule has 2 saturated heterocycles. The Morgan fingerprint density at radius 2 is 2.00 bits per heavy atom. The highest BCUT2D eigenvalue weighted by molar-refractivity contribution is 5.84. The fourth-order valence-electron chi connectivity index (χ4n) is 4.36. The molecule has 2 aliphatic rings. The van der Waals surface area contributed by atoms with Gasteiger partial charge in [-0.05, 0) is 51.3 Å². The molecule has 2 aliphatic heterocycles. The van der Waals surface area contributed by atoms with E-state index in [4.69, 9.17) is 0 Å². The first-order valence-electron chi connectivity index (χ1n) is 9.41. The van der Waals surface area contributed by atoms with Crippen molar-refractivity contribution in [2.75, 3.05) is 26.2 Å². The molecule has 0 saturated carbocycles. The minimum Gasteiger partial charge on any atom is -0.338 e. The van der Waals surface area contributed by atoms with Gasteiger partial charge in [-0.2, -0.15) is 13.2 Å². The second kappa shape index (κ2) is 7.59. The highest BCUT2D eigenvalue weighted by Gasteiger charge is 2.48. The normalized spacial score (nSPS) is 24.6. The molecule has 0 radical (unpaired) electrons. The number of likely N-dealkylation sites (tertiary alicyclic amines) is 2. The minimum absolute atomic E-state index is 0.112. The highest BCUT2D eigenvalue weighted by Crippen LogP contribution is 2.40. The van der Waals surface area contributed by atoms with E-state index in [0.29, 0.717) is 19.6 Å². The van der Waals surface area contributed by atoms with Crippen LogP contribution in [0.1, 0.15) is 43.2 Å². The molecule has 0 unspecified atom stereocenters. The van der Waals surface area contributed by atoms with Gasteiger partial charge in [-0.3, -0.25) is 4.79 Å². The highest BCUT2D eigenvalue weighted by atomic mass is 19.4. The van der Waals surface area contributed by atoms with Crippen molar-refractivity contribution in [2.24, 2.45) is 5.41 Å². The number of hydrogen-bond donors (Lipinski definition) is 0. The zero-order chi connectivity index (χ0) is 18.8. The first kappa shape index (κ1) is 19.2. The molecular formula is C20H27F3N2O. The van der Waals surface area contributed by atoms with E-state index < -0.39 is 12.6 Å². The van der Waals surface area contributed by atoms with Gasteiger partial charge in [0, 0.05) is 26.1 Å². The Kier molecular flexibility index (Phi) is 5.61. The summed E-state index contributed by atoms with van der Waals surface area (Å²) in [4.78, 5) is 17.1. The Morgan fingerprint density at radius 3 is 2.73 bits per heavy atom. The van der Waals surface area contributed by atoms with Crippen LogP contribution in [0, 0.1) is 12.3 Å². The molecule has 1 atom stereocenters. The lowest BCUT2D eigenvalue weighted by Crippen LogP contribution is -2.49. The van der Waals surface area contributed by atoms with E-state index in [9.17, 15) is 18.0 Å². The molecule has 2 heterocycles.